The number of esters is 1. The first-order valence-electron chi connectivity index (χ1n) is 9.14. The van der Waals surface area contributed by atoms with Crippen molar-refractivity contribution in [1.82, 2.24) is 9.47 Å². The summed E-state index contributed by atoms with van der Waals surface area (Å²) >= 11 is 0. The summed E-state index contributed by atoms with van der Waals surface area (Å²) in [7, 11) is 1.67. The van der Waals surface area contributed by atoms with Crippen molar-refractivity contribution >= 4 is 5.97 Å². The van der Waals surface area contributed by atoms with Gasteiger partial charge < -0.3 is 14.0 Å². The summed E-state index contributed by atoms with van der Waals surface area (Å²) in [6, 6.07) is 12.4. The molecule has 0 fully saturated rings. The molecule has 5 nitrogen and oxygen atoms in total. The first kappa shape index (κ1) is 20.2. The van der Waals surface area contributed by atoms with Crippen LogP contribution in [0.15, 0.2) is 42.6 Å². The Balaban J connectivity index is 2.12. The van der Waals surface area contributed by atoms with Crippen molar-refractivity contribution in [2.45, 2.75) is 39.9 Å². The van der Waals surface area contributed by atoms with Crippen molar-refractivity contribution in [1.29, 1.82) is 0 Å². The third kappa shape index (κ3) is 5.71. The Kier molecular flexibility index (Phi) is 7.88. The zero-order valence-electron chi connectivity index (χ0n) is 16.3. The molecule has 1 atom stereocenters. The summed E-state index contributed by atoms with van der Waals surface area (Å²) in [5.41, 5.74) is 3.69. The van der Waals surface area contributed by atoms with E-state index in [-0.39, 0.29) is 12.0 Å². The van der Waals surface area contributed by atoms with E-state index in [0.717, 1.165) is 6.54 Å². The molecule has 0 unspecified atom stereocenters. The van der Waals surface area contributed by atoms with E-state index in [1.807, 2.05) is 13.8 Å². The third-order valence-electron chi connectivity index (χ3n) is 4.48. The summed E-state index contributed by atoms with van der Waals surface area (Å²) in [6.45, 7) is 8.95. The lowest BCUT2D eigenvalue weighted by molar-refractivity contribution is -0.149. The summed E-state index contributed by atoms with van der Waals surface area (Å²) in [6.07, 6.45) is 2.08. The van der Waals surface area contributed by atoms with Crippen LogP contribution in [-0.4, -0.2) is 48.3 Å². The van der Waals surface area contributed by atoms with Gasteiger partial charge in [-0.1, -0.05) is 29.8 Å². The molecule has 1 aromatic heterocycles. The number of rotatable bonds is 10. The molecule has 0 aliphatic rings. The van der Waals surface area contributed by atoms with Gasteiger partial charge in [-0.15, -0.1) is 0 Å². The first-order chi connectivity index (χ1) is 12.5. The summed E-state index contributed by atoms with van der Waals surface area (Å²) in [5, 5.41) is 0. The second-order valence-corrected chi connectivity index (χ2v) is 6.51. The highest BCUT2D eigenvalue weighted by atomic mass is 16.5. The Morgan fingerprint density at radius 2 is 2.08 bits per heavy atom. The van der Waals surface area contributed by atoms with E-state index in [9.17, 15) is 4.79 Å². The molecule has 0 bridgehead atoms. The Morgan fingerprint density at radius 1 is 1.27 bits per heavy atom. The van der Waals surface area contributed by atoms with E-state index in [2.05, 4.69) is 59.0 Å². The zero-order valence-corrected chi connectivity index (χ0v) is 16.3. The average Bonchev–Trinajstić information content (AvgIpc) is 3.05. The van der Waals surface area contributed by atoms with Crippen molar-refractivity contribution in [3.63, 3.8) is 0 Å². The molecule has 1 heterocycles. The largest absolute Gasteiger partial charge is 0.465 e. The van der Waals surface area contributed by atoms with Gasteiger partial charge >= 0.3 is 5.97 Å². The minimum atomic E-state index is -0.313. The minimum Gasteiger partial charge on any atom is -0.465 e. The van der Waals surface area contributed by atoms with Gasteiger partial charge in [0.05, 0.1) is 13.2 Å². The van der Waals surface area contributed by atoms with E-state index in [1.54, 1.807) is 7.11 Å². The maximum atomic E-state index is 12.2. The second-order valence-electron chi connectivity index (χ2n) is 6.51. The number of carbonyl (C=O) groups excluding carboxylic acids is 1. The predicted octanol–water partition coefficient (Wildman–Crippen LogP) is 3.24. The fraction of sp³-hybridized carbons (Fsp3) is 0.476. The van der Waals surface area contributed by atoms with Crippen molar-refractivity contribution < 1.29 is 14.3 Å². The van der Waals surface area contributed by atoms with Crippen molar-refractivity contribution in [3.8, 4) is 0 Å². The number of nitrogens with zero attached hydrogens (tertiary/aromatic N) is 2. The minimum absolute atomic E-state index is 0.194. The highest BCUT2D eigenvalue weighted by molar-refractivity contribution is 5.75. The van der Waals surface area contributed by atoms with Crippen LogP contribution in [0.4, 0.5) is 0 Å². The Labute approximate surface area is 156 Å². The van der Waals surface area contributed by atoms with Crippen LogP contribution in [0.3, 0.4) is 0 Å². The lowest BCUT2D eigenvalue weighted by Gasteiger charge is -2.27. The molecule has 2 aromatic rings. The fourth-order valence-corrected chi connectivity index (χ4v) is 2.99. The maximum absolute atomic E-state index is 12.2. The third-order valence-corrected chi connectivity index (χ3v) is 4.48. The van der Waals surface area contributed by atoms with Gasteiger partial charge in [0.2, 0.25) is 0 Å². The van der Waals surface area contributed by atoms with Gasteiger partial charge in [0.1, 0.15) is 6.04 Å². The highest BCUT2D eigenvalue weighted by Crippen LogP contribution is 2.14. The van der Waals surface area contributed by atoms with Gasteiger partial charge in [0, 0.05) is 38.6 Å². The lowest BCUT2D eigenvalue weighted by atomic mass is 10.1. The van der Waals surface area contributed by atoms with E-state index < -0.39 is 0 Å². The van der Waals surface area contributed by atoms with Gasteiger partial charge in [0.15, 0.2) is 0 Å². The average molecular weight is 358 g/mol. The van der Waals surface area contributed by atoms with Gasteiger partial charge in [-0.2, -0.15) is 0 Å². The van der Waals surface area contributed by atoms with Crippen LogP contribution in [0.5, 0.6) is 0 Å². The highest BCUT2D eigenvalue weighted by Gasteiger charge is 2.23. The molecule has 0 radical (unpaired) electrons. The molecular formula is C21H30N2O3. The van der Waals surface area contributed by atoms with Crippen LogP contribution >= 0.6 is 0 Å². The number of hydrogen-bond acceptors (Lipinski definition) is 4. The zero-order chi connectivity index (χ0) is 18.9. The maximum Gasteiger partial charge on any atom is 0.323 e. The molecule has 142 valence electrons. The summed E-state index contributed by atoms with van der Waals surface area (Å²) in [4.78, 5) is 14.3. The molecule has 0 aliphatic heterocycles. The molecule has 1 aromatic carbocycles. The number of aromatic nitrogens is 1. The quantitative estimate of drug-likeness (QED) is 0.612. The summed E-state index contributed by atoms with van der Waals surface area (Å²) in [5.74, 6) is -0.194. The van der Waals surface area contributed by atoms with Crippen LogP contribution in [0.1, 0.15) is 30.7 Å². The van der Waals surface area contributed by atoms with E-state index in [0.29, 0.717) is 26.3 Å². The lowest BCUT2D eigenvalue weighted by Crippen LogP contribution is -2.41. The molecule has 0 saturated carbocycles. The number of ether oxygens (including phenoxy) is 2. The van der Waals surface area contributed by atoms with Crippen LogP contribution in [0, 0.1) is 6.92 Å². The number of carbonyl (C=O) groups is 1. The molecule has 26 heavy (non-hydrogen) atoms. The molecule has 0 spiro atoms. The van der Waals surface area contributed by atoms with Crippen molar-refractivity contribution in [2.75, 3.05) is 26.9 Å². The molecular weight excluding hydrogens is 328 g/mol. The normalized spacial score (nSPS) is 12.3. The second kappa shape index (κ2) is 10.1. The first-order valence-corrected chi connectivity index (χ1v) is 9.14. The van der Waals surface area contributed by atoms with E-state index >= 15 is 0 Å². The van der Waals surface area contributed by atoms with E-state index in [4.69, 9.17) is 9.47 Å². The number of hydrogen-bond donors (Lipinski definition) is 0. The van der Waals surface area contributed by atoms with Gasteiger partial charge in [-0.05, 0) is 38.5 Å². The van der Waals surface area contributed by atoms with Gasteiger partial charge in [0.25, 0.3) is 0 Å². The van der Waals surface area contributed by atoms with Crippen LogP contribution in [0.25, 0.3) is 0 Å². The van der Waals surface area contributed by atoms with Gasteiger partial charge in [-0.25, -0.2) is 0 Å². The molecule has 0 N–H and O–H groups in total. The molecule has 0 aliphatic carbocycles. The number of methoxy groups -OCH3 is 1. The van der Waals surface area contributed by atoms with Crippen molar-refractivity contribution in [2.24, 2.45) is 0 Å². The molecule has 0 saturated heterocycles. The summed E-state index contributed by atoms with van der Waals surface area (Å²) < 4.78 is 12.6. The number of benzene rings is 1. The SMILES string of the molecule is CCOC(=O)[C@@H](C)N(CCOC)Cc1cccn1Cc1cccc(C)c1. The molecule has 2 rings (SSSR count). The van der Waals surface area contributed by atoms with Crippen LogP contribution in [0.2, 0.25) is 0 Å². The Morgan fingerprint density at radius 3 is 2.77 bits per heavy atom. The van der Waals surface area contributed by atoms with E-state index in [1.165, 1.54) is 16.8 Å². The standard InChI is InChI=1S/C21H30N2O3/c1-5-26-21(24)18(3)22(12-13-25-4)16-20-10-7-11-23(20)15-19-9-6-8-17(2)14-19/h6-11,14,18H,5,12-13,15-16H2,1-4H3/t18-/m1/s1. The predicted molar refractivity (Wildman–Crippen MR) is 103 cm³/mol. The van der Waals surface area contributed by atoms with Gasteiger partial charge in [-0.3, -0.25) is 9.69 Å². The Bertz CT molecular complexity index is 696. The molecule has 5 heteroatoms. The fourth-order valence-electron chi connectivity index (χ4n) is 2.99. The smallest absolute Gasteiger partial charge is 0.323 e. The molecule has 0 amide bonds. The van der Waals surface area contributed by atoms with Crippen LogP contribution in [-0.2, 0) is 27.4 Å². The Hall–Kier alpha value is -2.11. The monoisotopic (exact) mass is 358 g/mol. The van der Waals surface area contributed by atoms with Crippen LogP contribution < -0.4 is 0 Å². The number of aryl methyl sites for hydroxylation is 1. The topological polar surface area (TPSA) is 43.7 Å². The van der Waals surface area contributed by atoms with Crippen molar-refractivity contribution in [3.05, 3.63) is 59.4 Å².